The van der Waals surface area contributed by atoms with Crippen LogP contribution in [0.3, 0.4) is 0 Å². The van der Waals surface area contributed by atoms with Crippen molar-refractivity contribution in [3.05, 3.63) is 158 Å². The quantitative estimate of drug-likeness (QED) is 0.201. The van der Waals surface area contributed by atoms with Gasteiger partial charge in [-0.2, -0.15) is 0 Å². The Hall–Kier alpha value is -6.24. The summed E-state index contributed by atoms with van der Waals surface area (Å²) in [5.74, 6) is 2.43. The van der Waals surface area contributed by atoms with Crippen molar-refractivity contribution in [2.45, 2.75) is 0 Å². The van der Waals surface area contributed by atoms with Gasteiger partial charge in [0.2, 0.25) is 0 Å². The van der Waals surface area contributed by atoms with Gasteiger partial charge >= 0.3 is 6.92 Å². The lowest BCUT2D eigenvalue weighted by atomic mass is 9.54. The molecule has 6 heteroatoms. The van der Waals surface area contributed by atoms with Crippen molar-refractivity contribution in [3.63, 3.8) is 0 Å². The average molecular weight is 619 g/mol. The standard InChI is InChI=1S/C42H27BN2O3/c46-43-34-19-9-12-22-39(34)48-41-24-28(23-40(42(41)43)47-29-15-5-2-6-16-29)45-36-21-11-8-18-31(36)33-25-37-32(26-38(33)45)30-17-7-10-20-35(30)44(37)27-13-3-1-4-14-27/h1-26,46H. The van der Waals surface area contributed by atoms with Gasteiger partial charge in [0, 0.05) is 44.8 Å². The maximum atomic E-state index is 11.7. The molecule has 1 aliphatic heterocycles. The normalized spacial score (nSPS) is 12.4. The van der Waals surface area contributed by atoms with Gasteiger partial charge in [-0.3, -0.25) is 0 Å². The van der Waals surface area contributed by atoms with Gasteiger partial charge in [-0.05, 0) is 60.1 Å². The highest BCUT2D eigenvalue weighted by molar-refractivity contribution is 6.81. The number of nitrogens with zero attached hydrogens (tertiary/aromatic N) is 2. The number of hydrogen-bond acceptors (Lipinski definition) is 3. The van der Waals surface area contributed by atoms with E-state index in [4.69, 9.17) is 9.47 Å². The van der Waals surface area contributed by atoms with Crippen LogP contribution in [0.15, 0.2) is 158 Å². The van der Waals surface area contributed by atoms with Gasteiger partial charge < -0.3 is 23.6 Å². The molecule has 226 valence electrons. The van der Waals surface area contributed by atoms with Gasteiger partial charge in [-0.25, -0.2) is 0 Å². The van der Waals surface area contributed by atoms with E-state index >= 15 is 0 Å². The zero-order valence-corrected chi connectivity index (χ0v) is 25.7. The Morgan fingerprint density at radius 3 is 1.73 bits per heavy atom. The lowest BCUT2D eigenvalue weighted by Gasteiger charge is -2.26. The second-order valence-corrected chi connectivity index (χ2v) is 12.2. The molecule has 0 bridgehead atoms. The highest BCUT2D eigenvalue weighted by Gasteiger charge is 2.34. The molecular formula is C42H27BN2O3. The summed E-state index contributed by atoms with van der Waals surface area (Å²) < 4.78 is 17.7. The lowest BCUT2D eigenvalue weighted by molar-refractivity contribution is 0.459. The molecule has 2 aromatic heterocycles. The minimum Gasteiger partial charge on any atom is -0.458 e. The molecule has 48 heavy (non-hydrogen) atoms. The maximum Gasteiger partial charge on any atom is 0.370 e. The summed E-state index contributed by atoms with van der Waals surface area (Å²) in [6.07, 6.45) is 0. The van der Waals surface area contributed by atoms with Gasteiger partial charge in [0.15, 0.2) is 0 Å². The first-order valence-electron chi connectivity index (χ1n) is 16.1. The predicted molar refractivity (Wildman–Crippen MR) is 195 cm³/mol. The smallest absolute Gasteiger partial charge is 0.370 e. The van der Waals surface area contributed by atoms with E-state index in [1.165, 1.54) is 10.8 Å². The molecule has 5 nitrogen and oxygen atoms in total. The first-order chi connectivity index (χ1) is 23.7. The molecule has 0 aliphatic carbocycles. The lowest BCUT2D eigenvalue weighted by Crippen LogP contribution is -2.47. The SMILES string of the molecule is OB1c2ccccc2Oc2cc(-n3c4ccccc4c4cc5c(cc43)c3ccccc3n5-c3ccccc3)cc(Oc3ccccc3)c21. The fraction of sp³-hybridized carbons (Fsp3) is 0. The Bertz CT molecular complexity index is 2700. The third kappa shape index (κ3) is 3.96. The zero-order valence-electron chi connectivity index (χ0n) is 25.7. The van der Waals surface area contributed by atoms with E-state index in [1.54, 1.807) is 0 Å². The van der Waals surface area contributed by atoms with Crippen LogP contribution in [-0.4, -0.2) is 21.1 Å². The third-order valence-corrected chi connectivity index (χ3v) is 9.51. The second kappa shape index (κ2) is 10.4. The van der Waals surface area contributed by atoms with Crippen LogP contribution in [0.4, 0.5) is 0 Å². The second-order valence-electron chi connectivity index (χ2n) is 12.2. The molecule has 10 rings (SSSR count). The van der Waals surface area contributed by atoms with Crippen LogP contribution in [0.5, 0.6) is 23.0 Å². The largest absolute Gasteiger partial charge is 0.458 e. The number of para-hydroxylation sites is 5. The molecule has 7 aromatic carbocycles. The Morgan fingerprint density at radius 2 is 1.04 bits per heavy atom. The van der Waals surface area contributed by atoms with Crippen molar-refractivity contribution in [2.24, 2.45) is 0 Å². The first kappa shape index (κ1) is 26.9. The van der Waals surface area contributed by atoms with Gasteiger partial charge in [-0.1, -0.05) is 91.0 Å². The molecule has 0 saturated carbocycles. The molecule has 0 unspecified atom stereocenters. The summed E-state index contributed by atoms with van der Waals surface area (Å²) in [7, 11) is 0. The number of rotatable bonds is 4. The summed E-state index contributed by atoms with van der Waals surface area (Å²) in [6.45, 7) is -0.903. The highest BCUT2D eigenvalue weighted by Crippen LogP contribution is 2.41. The van der Waals surface area contributed by atoms with Crippen LogP contribution in [0.1, 0.15) is 0 Å². The first-order valence-corrected chi connectivity index (χ1v) is 16.1. The van der Waals surface area contributed by atoms with Crippen LogP contribution >= 0.6 is 0 Å². The summed E-state index contributed by atoms with van der Waals surface area (Å²) in [4.78, 5) is 0. The maximum absolute atomic E-state index is 11.7. The number of benzene rings is 7. The molecule has 0 radical (unpaired) electrons. The van der Waals surface area contributed by atoms with E-state index < -0.39 is 6.92 Å². The number of fused-ring (bicyclic) bond motifs is 8. The van der Waals surface area contributed by atoms with Gasteiger partial charge in [-0.15, -0.1) is 0 Å². The van der Waals surface area contributed by atoms with Crippen molar-refractivity contribution in [1.82, 2.24) is 9.13 Å². The monoisotopic (exact) mass is 618 g/mol. The molecule has 0 spiro atoms. The summed E-state index contributed by atoms with van der Waals surface area (Å²) >= 11 is 0. The molecule has 0 amide bonds. The average Bonchev–Trinajstić information content (AvgIpc) is 3.63. The molecule has 3 heterocycles. The van der Waals surface area contributed by atoms with Crippen molar-refractivity contribution >= 4 is 61.5 Å². The van der Waals surface area contributed by atoms with Crippen LogP contribution in [0.25, 0.3) is 55.0 Å². The molecule has 1 aliphatic rings. The fourth-order valence-electron chi connectivity index (χ4n) is 7.41. The molecule has 0 fully saturated rings. The van der Waals surface area contributed by atoms with Crippen LogP contribution in [0, 0.1) is 0 Å². The molecular weight excluding hydrogens is 591 g/mol. The van der Waals surface area contributed by atoms with Crippen LogP contribution < -0.4 is 20.4 Å². The highest BCUT2D eigenvalue weighted by atomic mass is 16.5. The Labute approximate surface area is 276 Å². The van der Waals surface area contributed by atoms with E-state index in [-0.39, 0.29) is 0 Å². The minimum absolute atomic E-state index is 0.545. The van der Waals surface area contributed by atoms with Crippen molar-refractivity contribution in [1.29, 1.82) is 0 Å². The number of hydrogen-bond donors (Lipinski definition) is 1. The molecule has 1 N–H and O–H groups in total. The third-order valence-electron chi connectivity index (χ3n) is 9.51. The fourth-order valence-corrected chi connectivity index (χ4v) is 7.41. The summed E-state index contributed by atoms with van der Waals surface area (Å²) in [5.41, 5.74) is 7.78. The Morgan fingerprint density at radius 1 is 0.479 bits per heavy atom. The zero-order chi connectivity index (χ0) is 31.8. The minimum atomic E-state index is -0.903. The van der Waals surface area contributed by atoms with Gasteiger partial charge in [0.25, 0.3) is 0 Å². The number of ether oxygens (including phenoxy) is 2. The Kier molecular flexibility index (Phi) is 5.83. The Balaban J connectivity index is 1.28. The predicted octanol–water partition coefficient (Wildman–Crippen LogP) is 8.88. The van der Waals surface area contributed by atoms with E-state index in [1.807, 2.05) is 66.7 Å². The summed E-state index contributed by atoms with van der Waals surface area (Å²) in [5, 5.41) is 16.3. The van der Waals surface area contributed by atoms with Crippen LogP contribution in [-0.2, 0) is 0 Å². The van der Waals surface area contributed by atoms with Crippen molar-refractivity contribution in [2.75, 3.05) is 0 Å². The van der Waals surface area contributed by atoms with Crippen molar-refractivity contribution < 1.29 is 14.5 Å². The van der Waals surface area contributed by atoms with E-state index in [0.717, 1.165) is 44.2 Å². The summed E-state index contributed by atoms with van der Waals surface area (Å²) in [6, 6.07) is 53.7. The van der Waals surface area contributed by atoms with Gasteiger partial charge in [0.1, 0.15) is 23.0 Å². The van der Waals surface area contributed by atoms with Crippen molar-refractivity contribution in [3.8, 4) is 34.4 Å². The van der Waals surface area contributed by atoms with E-state index in [9.17, 15) is 5.02 Å². The molecule has 9 aromatic rings. The van der Waals surface area contributed by atoms with Crippen LogP contribution in [0.2, 0.25) is 0 Å². The molecule has 0 atom stereocenters. The van der Waals surface area contributed by atoms with Gasteiger partial charge in [0.05, 0.1) is 27.8 Å². The van der Waals surface area contributed by atoms with E-state index in [2.05, 4.69) is 100 Å². The topological polar surface area (TPSA) is 48.5 Å². The molecule has 0 saturated heterocycles. The van der Waals surface area contributed by atoms with E-state index in [0.29, 0.717) is 33.9 Å². The number of aromatic nitrogens is 2.